The standard InChI is InChI=1S/C13H20N4O/c1-16-8-9(7-14-16)13(18)17(2)12-5-10-3-4-11(6-12)15-10/h7-8,10-12,15H,3-6H2,1-2H3. The van der Waals surface area contributed by atoms with Crippen LogP contribution in [0.3, 0.4) is 0 Å². The largest absolute Gasteiger partial charge is 0.339 e. The lowest BCUT2D eigenvalue weighted by Crippen LogP contribution is -2.48. The van der Waals surface area contributed by atoms with Crippen molar-refractivity contribution in [3.8, 4) is 0 Å². The number of hydrogen-bond acceptors (Lipinski definition) is 3. The molecule has 2 unspecified atom stereocenters. The maximum atomic E-state index is 12.3. The molecule has 1 N–H and O–H groups in total. The van der Waals surface area contributed by atoms with Gasteiger partial charge in [0.15, 0.2) is 0 Å². The fourth-order valence-electron chi connectivity index (χ4n) is 3.24. The summed E-state index contributed by atoms with van der Waals surface area (Å²) < 4.78 is 1.67. The number of rotatable bonds is 2. The Balaban J connectivity index is 1.70. The molecule has 2 saturated heterocycles. The number of aromatic nitrogens is 2. The number of amides is 1. The summed E-state index contributed by atoms with van der Waals surface area (Å²) in [6.45, 7) is 0. The lowest BCUT2D eigenvalue weighted by atomic mass is 9.98. The molecule has 2 fully saturated rings. The van der Waals surface area contributed by atoms with Crippen LogP contribution in [0.4, 0.5) is 0 Å². The molecule has 18 heavy (non-hydrogen) atoms. The summed E-state index contributed by atoms with van der Waals surface area (Å²) in [5.41, 5.74) is 0.686. The Kier molecular flexibility index (Phi) is 2.86. The SMILES string of the molecule is CN(C(=O)c1cnn(C)c1)C1CC2CCC(C1)N2. The molecule has 0 aliphatic carbocycles. The van der Waals surface area contributed by atoms with Crippen LogP contribution in [0.2, 0.25) is 0 Å². The van der Waals surface area contributed by atoms with Crippen molar-refractivity contribution in [3.63, 3.8) is 0 Å². The minimum absolute atomic E-state index is 0.0920. The van der Waals surface area contributed by atoms with E-state index in [9.17, 15) is 4.79 Å². The van der Waals surface area contributed by atoms with E-state index >= 15 is 0 Å². The minimum atomic E-state index is 0.0920. The quantitative estimate of drug-likeness (QED) is 0.841. The third-order valence-corrected chi connectivity index (χ3v) is 4.27. The number of hydrogen-bond donors (Lipinski definition) is 1. The van der Waals surface area contributed by atoms with Gasteiger partial charge in [0.05, 0.1) is 11.8 Å². The van der Waals surface area contributed by atoms with E-state index in [0.29, 0.717) is 23.7 Å². The number of nitrogens with one attached hydrogen (secondary N) is 1. The van der Waals surface area contributed by atoms with Gasteiger partial charge in [-0.25, -0.2) is 0 Å². The predicted octanol–water partition coefficient (Wildman–Crippen LogP) is 0.775. The molecule has 2 atom stereocenters. The van der Waals surface area contributed by atoms with Crippen molar-refractivity contribution in [1.29, 1.82) is 0 Å². The van der Waals surface area contributed by atoms with Crippen molar-refractivity contribution in [2.45, 2.75) is 43.8 Å². The van der Waals surface area contributed by atoms with Gasteiger partial charge in [0.2, 0.25) is 0 Å². The second-order valence-corrected chi connectivity index (χ2v) is 5.58. The molecule has 0 radical (unpaired) electrons. The molecule has 2 aliphatic heterocycles. The van der Waals surface area contributed by atoms with Gasteiger partial charge >= 0.3 is 0 Å². The Labute approximate surface area is 107 Å². The van der Waals surface area contributed by atoms with Gasteiger partial charge in [-0.1, -0.05) is 0 Å². The van der Waals surface area contributed by atoms with Gasteiger partial charge in [-0.2, -0.15) is 5.10 Å². The minimum Gasteiger partial charge on any atom is -0.339 e. The monoisotopic (exact) mass is 248 g/mol. The smallest absolute Gasteiger partial charge is 0.257 e. The molecule has 0 saturated carbocycles. The number of carbonyl (C=O) groups is 1. The number of piperidine rings is 1. The molecular weight excluding hydrogens is 228 g/mol. The van der Waals surface area contributed by atoms with E-state index in [1.54, 1.807) is 17.1 Å². The second kappa shape index (κ2) is 4.39. The maximum Gasteiger partial charge on any atom is 0.257 e. The van der Waals surface area contributed by atoms with Crippen molar-refractivity contribution >= 4 is 5.91 Å². The number of fused-ring (bicyclic) bond motifs is 2. The van der Waals surface area contributed by atoms with Gasteiger partial charge in [-0.15, -0.1) is 0 Å². The molecule has 1 aromatic rings. The van der Waals surface area contributed by atoms with Crippen LogP contribution in [0.1, 0.15) is 36.0 Å². The van der Waals surface area contributed by atoms with Crippen molar-refractivity contribution in [3.05, 3.63) is 18.0 Å². The molecule has 5 nitrogen and oxygen atoms in total. The fraction of sp³-hybridized carbons (Fsp3) is 0.692. The molecule has 98 valence electrons. The lowest BCUT2D eigenvalue weighted by Gasteiger charge is -2.35. The zero-order chi connectivity index (χ0) is 12.7. The first-order valence-corrected chi connectivity index (χ1v) is 6.65. The van der Waals surface area contributed by atoms with E-state index in [1.165, 1.54) is 12.8 Å². The van der Waals surface area contributed by atoms with Gasteiger partial charge in [-0.05, 0) is 25.7 Å². The molecule has 3 heterocycles. The molecule has 2 bridgehead atoms. The van der Waals surface area contributed by atoms with Crippen LogP contribution in [0.25, 0.3) is 0 Å². The van der Waals surface area contributed by atoms with Crippen LogP contribution in [-0.2, 0) is 7.05 Å². The maximum absolute atomic E-state index is 12.3. The fourth-order valence-corrected chi connectivity index (χ4v) is 3.24. The summed E-state index contributed by atoms with van der Waals surface area (Å²) in [6, 6.07) is 1.59. The normalized spacial score (nSPS) is 30.4. The van der Waals surface area contributed by atoms with Crippen LogP contribution >= 0.6 is 0 Å². The first kappa shape index (κ1) is 11.7. The van der Waals surface area contributed by atoms with Gasteiger partial charge < -0.3 is 10.2 Å². The van der Waals surface area contributed by atoms with Gasteiger partial charge in [0.1, 0.15) is 0 Å². The van der Waals surface area contributed by atoms with Gasteiger partial charge in [-0.3, -0.25) is 9.48 Å². The van der Waals surface area contributed by atoms with Crippen molar-refractivity contribution < 1.29 is 4.79 Å². The van der Waals surface area contributed by atoms with E-state index in [1.807, 2.05) is 19.0 Å². The van der Waals surface area contributed by atoms with Crippen molar-refractivity contribution in [2.75, 3.05) is 7.05 Å². The summed E-state index contributed by atoms with van der Waals surface area (Å²) in [6.07, 6.45) is 8.12. The van der Waals surface area contributed by atoms with E-state index in [2.05, 4.69) is 10.4 Å². The molecule has 3 rings (SSSR count). The van der Waals surface area contributed by atoms with E-state index in [4.69, 9.17) is 0 Å². The Morgan fingerprint density at radius 2 is 2.11 bits per heavy atom. The molecular formula is C13H20N4O. The van der Waals surface area contributed by atoms with E-state index in [0.717, 1.165) is 12.8 Å². The number of nitrogens with zero attached hydrogens (tertiary/aromatic N) is 3. The highest BCUT2D eigenvalue weighted by molar-refractivity contribution is 5.93. The topological polar surface area (TPSA) is 50.2 Å². The highest BCUT2D eigenvalue weighted by atomic mass is 16.2. The molecule has 2 aliphatic rings. The Morgan fingerprint density at radius 3 is 2.67 bits per heavy atom. The average Bonchev–Trinajstić information content (AvgIpc) is 2.94. The highest BCUT2D eigenvalue weighted by Crippen LogP contribution is 2.29. The van der Waals surface area contributed by atoms with E-state index < -0.39 is 0 Å². The molecule has 5 heteroatoms. The van der Waals surface area contributed by atoms with Crippen LogP contribution in [0.5, 0.6) is 0 Å². The zero-order valence-electron chi connectivity index (χ0n) is 11.0. The van der Waals surface area contributed by atoms with Crippen LogP contribution in [0, 0.1) is 0 Å². The van der Waals surface area contributed by atoms with Gasteiger partial charge in [0, 0.05) is 38.4 Å². The zero-order valence-corrected chi connectivity index (χ0v) is 11.0. The van der Waals surface area contributed by atoms with Crippen LogP contribution in [-0.4, -0.2) is 45.8 Å². The number of carbonyl (C=O) groups excluding carboxylic acids is 1. The number of aryl methyl sites for hydroxylation is 1. The highest BCUT2D eigenvalue weighted by Gasteiger charge is 2.36. The summed E-state index contributed by atoms with van der Waals surface area (Å²) in [5.74, 6) is 0.0920. The Hall–Kier alpha value is -1.36. The molecule has 0 aromatic carbocycles. The van der Waals surface area contributed by atoms with Crippen molar-refractivity contribution in [1.82, 2.24) is 20.0 Å². The first-order valence-electron chi connectivity index (χ1n) is 6.65. The Bertz CT molecular complexity index is 444. The summed E-state index contributed by atoms with van der Waals surface area (Å²) in [5, 5.41) is 7.67. The third kappa shape index (κ3) is 2.03. The van der Waals surface area contributed by atoms with Crippen molar-refractivity contribution in [2.24, 2.45) is 7.05 Å². The Morgan fingerprint density at radius 1 is 1.44 bits per heavy atom. The average molecular weight is 248 g/mol. The predicted molar refractivity (Wildman–Crippen MR) is 68.3 cm³/mol. The van der Waals surface area contributed by atoms with Gasteiger partial charge in [0.25, 0.3) is 5.91 Å². The van der Waals surface area contributed by atoms with Crippen LogP contribution < -0.4 is 5.32 Å². The molecule has 1 aromatic heterocycles. The summed E-state index contributed by atoms with van der Waals surface area (Å²) in [4.78, 5) is 14.2. The third-order valence-electron chi connectivity index (χ3n) is 4.27. The lowest BCUT2D eigenvalue weighted by molar-refractivity contribution is 0.0681. The first-order chi connectivity index (χ1) is 8.63. The van der Waals surface area contributed by atoms with Crippen LogP contribution in [0.15, 0.2) is 12.4 Å². The summed E-state index contributed by atoms with van der Waals surface area (Å²) in [7, 11) is 3.76. The van der Waals surface area contributed by atoms with E-state index in [-0.39, 0.29) is 5.91 Å². The second-order valence-electron chi connectivity index (χ2n) is 5.58. The molecule has 0 spiro atoms. The summed E-state index contributed by atoms with van der Waals surface area (Å²) >= 11 is 0. The molecule has 1 amide bonds.